The standard InChI is InChI=1S/C17H18FN5O3/c1-4-26-17(24)13-9-19-15-6-5-14(22-23(13)15)21-10(2)12-7-11(18)8-20-16(12)25-3/h5-10H,4H2,1-3H3,(H,21,22)/t10-/m1/s1. The quantitative estimate of drug-likeness (QED) is 0.677. The van der Waals surface area contributed by atoms with Crippen LogP contribution < -0.4 is 10.1 Å². The van der Waals surface area contributed by atoms with E-state index in [-0.39, 0.29) is 18.3 Å². The number of imidazole rings is 1. The molecule has 0 saturated heterocycles. The zero-order valence-electron chi connectivity index (χ0n) is 14.6. The maximum atomic E-state index is 13.5. The van der Waals surface area contributed by atoms with Gasteiger partial charge in [-0.25, -0.2) is 23.7 Å². The predicted molar refractivity (Wildman–Crippen MR) is 91.7 cm³/mol. The maximum absolute atomic E-state index is 13.5. The zero-order valence-corrected chi connectivity index (χ0v) is 14.6. The van der Waals surface area contributed by atoms with Gasteiger partial charge in [0, 0.05) is 5.56 Å². The summed E-state index contributed by atoms with van der Waals surface area (Å²) in [6.45, 7) is 3.81. The number of nitrogens with zero attached hydrogens (tertiary/aromatic N) is 4. The van der Waals surface area contributed by atoms with Gasteiger partial charge < -0.3 is 14.8 Å². The number of carbonyl (C=O) groups is 1. The fourth-order valence-corrected chi connectivity index (χ4v) is 2.52. The number of ether oxygens (including phenoxy) is 2. The minimum Gasteiger partial charge on any atom is -0.481 e. The van der Waals surface area contributed by atoms with E-state index in [1.54, 1.807) is 19.1 Å². The highest BCUT2D eigenvalue weighted by Crippen LogP contribution is 2.26. The molecule has 0 aliphatic rings. The van der Waals surface area contributed by atoms with Gasteiger partial charge in [0.25, 0.3) is 0 Å². The van der Waals surface area contributed by atoms with Gasteiger partial charge >= 0.3 is 5.97 Å². The summed E-state index contributed by atoms with van der Waals surface area (Å²) in [4.78, 5) is 20.0. The molecule has 9 heteroatoms. The zero-order chi connectivity index (χ0) is 18.7. The summed E-state index contributed by atoms with van der Waals surface area (Å²) in [6, 6.07) is 4.44. The van der Waals surface area contributed by atoms with Gasteiger partial charge in [-0.3, -0.25) is 0 Å². The Kier molecular flexibility index (Phi) is 4.97. The first kappa shape index (κ1) is 17.6. The summed E-state index contributed by atoms with van der Waals surface area (Å²) in [5.74, 6) is -0.173. The van der Waals surface area contributed by atoms with Crippen molar-refractivity contribution in [2.75, 3.05) is 19.0 Å². The average molecular weight is 359 g/mol. The number of hydrogen-bond donors (Lipinski definition) is 1. The van der Waals surface area contributed by atoms with Crippen molar-refractivity contribution in [2.45, 2.75) is 19.9 Å². The van der Waals surface area contributed by atoms with E-state index >= 15 is 0 Å². The van der Waals surface area contributed by atoms with E-state index < -0.39 is 11.8 Å². The Morgan fingerprint density at radius 3 is 2.88 bits per heavy atom. The lowest BCUT2D eigenvalue weighted by Crippen LogP contribution is -2.13. The van der Waals surface area contributed by atoms with Crippen LogP contribution in [0.15, 0.2) is 30.6 Å². The normalized spacial score (nSPS) is 12.0. The van der Waals surface area contributed by atoms with Crippen LogP contribution in [0.5, 0.6) is 5.88 Å². The summed E-state index contributed by atoms with van der Waals surface area (Å²) >= 11 is 0. The van der Waals surface area contributed by atoms with Crippen molar-refractivity contribution in [3.63, 3.8) is 0 Å². The van der Waals surface area contributed by atoms with Crippen LogP contribution in [0.3, 0.4) is 0 Å². The van der Waals surface area contributed by atoms with Crippen LogP contribution in [-0.2, 0) is 4.74 Å². The van der Waals surface area contributed by atoms with E-state index in [1.165, 1.54) is 23.9 Å². The number of nitrogens with one attached hydrogen (secondary N) is 1. The highest BCUT2D eigenvalue weighted by Gasteiger charge is 2.17. The smallest absolute Gasteiger partial charge is 0.358 e. The second-order valence-corrected chi connectivity index (χ2v) is 5.47. The molecule has 3 aromatic heterocycles. The minimum atomic E-state index is -0.506. The van der Waals surface area contributed by atoms with E-state index in [1.807, 2.05) is 6.92 Å². The molecule has 3 heterocycles. The Bertz CT molecular complexity index is 943. The largest absolute Gasteiger partial charge is 0.481 e. The number of carbonyl (C=O) groups excluding carboxylic acids is 1. The molecule has 0 aliphatic heterocycles. The Morgan fingerprint density at radius 1 is 1.35 bits per heavy atom. The van der Waals surface area contributed by atoms with Gasteiger partial charge in [-0.15, -0.1) is 5.10 Å². The van der Waals surface area contributed by atoms with Crippen LogP contribution >= 0.6 is 0 Å². The summed E-state index contributed by atoms with van der Waals surface area (Å²) < 4.78 is 25.1. The third kappa shape index (κ3) is 3.41. The van der Waals surface area contributed by atoms with E-state index in [0.29, 0.717) is 22.9 Å². The molecule has 3 aromatic rings. The van der Waals surface area contributed by atoms with Crippen molar-refractivity contribution in [1.82, 2.24) is 19.6 Å². The molecular weight excluding hydrogens is 341 g/mol. The van der Waals surface area contributed by atoms with E-state index in [4.69, 9.17) is 9.47 Å². The molecule has 1 atom stereocenters. The Balaban J connectivity index is 1.90. The van der Waals surface area contributed by atoms with E-state index in [0.717, 1.165) is 6.20 Å². The monoisotopic (exact) mass is 359 g/mol. The Labute approximate surface area is 149 Å². The molecule has 8 nitrogen and oxygen atoms in total. The van der Waals surface area contributed by atoms with Crippen LogP contribution in [0.25, 0.3) is 5.65 Å². The second kappa shape index (κ2) is 7.34. The number of methoxy groups -OCH3 is 1. The molecule has 3 rings (SSSR count). The third-order valence-corrected chi connectivity index (χ3v) is 3.72. The van der Waals surface area contributed by atoms with Gasteiger partial charge in [0.1, 0.15) is 11.6 Å². The molecule has 0 unspecified atom stereocenters. The Hall–Kier alpha value is -3.23. The SMILES string of the molecule is CCOC(=O)c1cnc2ccc(N[C@H](C)c3cc(F)cnc3OC)nn12. The van der Waals surface area contributed by atoms with Gasteiger partial charge in [0.15, 0.2) is 11.3 Å². The highest BCUT2D eigenvalue weighted by molar-refractivity contribution is 5.88. The predicted octanol–water partition coefficient (Wildman–Crippen LogP) is 2.62. The van der Waals surface area contributed by atoms with Gasteiger partial charge in [-0.1, -0.05) is 0 Å². The fraction of sp³-hybridized carbons (Fsp3) is 0.294. The number of anilines is 1. The number of fused-ring (bicyclic) bond motifs is 1. The van der Waals surface area contributed by atoms with E-state index in [9.17, 15) is 9.18 Å². The third-order valence-electron chi connectivity index (χ3n) is 3.72. The lowest BCUT2D eigenvalue weighted by molar-refractivity contribution is 0.0517. The number of rotatable bonds is 6. The summed E-state index contributed by atoms with van der Waals surface area (Å²) in [6.07, 6.45) is 2.50. The number of esters is 1. The lowest BCUT2D eigenvalue weighted by atomic mass is 10.1. The van der Waals surface area contributed by atoms with Crippen LogP contribution in [0.4, 0.5) is 10.2 Å². The number of hydrogen-bond acceptors (Lipinski definition) is 7. The summed E-state index contributed by atoms with van der Waals surface area (Å²) in [5, 5.41) is 7.51. The number of pyridine rings is 1. The van der Waals surface area contributed by atoms with Crippen LogP contribution in [0.2, 0.25) is 0 Å². The molecular formula is C17H18FN5O3. The minimum absolute atomic E-state index is 0.225. The van der Waals surface area contributed by atoms with Gasteiger partial charge in [0.2, 0.25) is 5.88 Å². The number of aromatic nitrogens is 4. The summed E-state index contributed by atoms with van der Waals surface area (Å²) in [7, 11) is 1.47. The molecule has 136 valence electrons. The average Bonchev–Trinajstić information content (AvgIpc) is 3.05. The molecule has 0 fully saturated rings. The topological polar surface area (TPSA) is 90.6 Å². The van der Waals surface area contributed by atoms with Gasteiger partial charge in [-0.05, 0) is 32.0 Å². The molecule has 0 bridgehead atoms. The van der Waals surface area contributed by atoms with Crippen molar-refractivity contribution < 1.29 is 18.7 Å². The molecule has 26 heavy (non-hydrogen) atoms. The summed E-state index contributed by atoms with van der Waals surface area (Å²) in [5.41, 5.74) is 1.28. The number of halogens is 1. The first-order valence-corrected chi connectivity index (χ1v) is 8.01. The molecule has 0 amide bonds. The molecule has 1 N–H and O–H groups in total. The van der Waals surface area contributed by atoms with Crippen LogP contribution in [-0.4, -0.2) is 39.3 Å². The molecule has 0 radical (unpaired) electrons. The first-order valence-electron chi connectivity index (χ1n) is 8.01. The fourth-order valence-electron chi connectivity index (χ4n) is 2.52. The lowest BCUT2D eigenvalue weighted by Gasteiger charge is -2.17. The van der Waals surface area contributed by atoms with Crippen LogP contribution in [0, 0.1) is 5.82 Å². The highest BCUT2D eigenvalue weighted by atomic mass is 19.1. The van der Waals surface area contributed by atoms with Gasteiger partial charge in [-0.2, -0.15) is 0 Å². The maximum Gasteiger partial charge on any atom is 0.358 e. The van der Waals surface area contributed by atoms with E-state index in [2.05, 4.69) is 20.4 Å². The van der Waals surface area contributed by atoms with Gasteiger partial charge in [0.05, 0.1) is 32.2 Å². The molecule has 0 aliphatic carbocycles. The van der Waals surface area contributed by atoms with Crippen LogP contribution in [0.1, 0.15) is 35.9 Å². The first-order chi connectivity index (χ1) is 12.5. The van der Waals surface area contributed by atoms with Crippen molar-refractivity contribution in [1.29, 1.82) is 0 Å². The van der Waals surface area contributed by atoms with Crippen molar-refractivity contribution in [3.05, 3.63) is 47.7 Å². The van der Waals surface area contributed by atoms with Crippen molar-refractivity contribution in [3.8, 4) is 5.88 Å². The second-order valence-electron chi connectivity index (χ2n) is 5.47. The molecule has 0 aromatic carbocycles. The Morgan fingerprint density at radius 2 is 2.15 bits per heavy atom. The van der Waals surface area contributed by atoms with Crippen molar-refractivity contribution in [2.24, 2.45) is 0 Å². The molecule has 0 saturated carbocycles. The van der Waals surface area contributed by atoms with Crippen molar-refractivity contribution >= 4 is 17.4 Å². The molecule has 0 spiro atoms.